The zero-order chi connectivity index (χ0) is 47.2. The van der Waals surface area contributed by atoms with E-state index < -0.39 is 21.9 Å². The van der Waals surface area contributed by atoms with E-state index in [4.69, 9.17) is 21.3 Å². The molecule has 356 valence electrons. The minimum absolute atomic E-state index is 0.0697. The molecular formula is C51H58ClN9O6S. The molecule has 1 aliphatic carbocycles. The van der Waals surface area contributed by atoms with Gasteiger partial charge in [-0.05, 0) is 135 Å². The van der Waals surface area contributed by atoms with Gasteiger partial charge in [0.05, 0.1) is 40.0 Å². The number of anilines is 2. The van der Waals surface area contributed by atoms with Crippen LogP contribution in [-0.2, 0) is 14.8 Å². The number of carbonyl (C=O) groups is 2. The molecule has 1 amide bonds. The zero-order valence-corrected chi connectivity index (χ0v) is 40.1. The van der Waals surface area contributed by atoms with Crippen molar-refractivity contribution in [3.05, 3.63) is 112 Å². The standard InChI is InChI=1S/C51H58ClN9O6S/c1-51(2)16-11-36(43(28-51)34-3-5-37(52)6-4-34)31-58-20-22-60(23-21-58)38-7-9-41(46(26-38)61-47-25-35-12-17-53-48(35)56-45(47)30-55-61)49(62)57-68(65,66)40-8-10-44(42(27-40)50(63)64)54-29-33-13-18-59(19-14-33)39-15-24-67-32-39/h3-10,12,17,25-27,30,33,39,54H,11,13-16,18-24,28-29,31-32H2,1-2H3,(H,53,56)(H,57,62)(H,63,64). The second-order valence-corrected chi connectivity index (χ2v) is 21.7. The molecule has 1 unspecified atom stereocenters. The van der Waals surface area contributed by atoms with Gasteiger partial charge in [0.1, 0.15) is 11.2 Å². The molecule has 3 saturated heterocycles. The van der Waals surface area contributed by atoms with E-state index in [1.165, 1.54) is 28.8 Å². The van der Waals surface area contributed by atoms with Gasteiger partial charge in [-0.1, -0.05) is 43.2 Å². The minimum Gasteiger partial charge on any atom is -0.478 e. The number of rotatable bonds is 13. The Balaban J connectivity index is 0.875. The Morgan fingerprint density at radius 3 is 2.49 bits per heavy atom. The zero-order valence-electron chi connectivity index (χ0n) is 38.5. The first-order valence-electron chi connectivity index (χ1n) is 23.7. The second kappa shape index (κ2) is 19.0. The van der Waals surface area contributed by atoms with Gasteiger partial charge >= 0.3 is 5.97 Å². The summed E-state index contributed by atoms with van der Waals surface area (Å²) in [5.41, 5.74) is 7.72. The van der Waals surface area contributed by atoms with Crippen LogP contribution in [0.25, 0.3) is 33.3 Å². The molecule has 10 rings (SSSR count). The summed E-state index contributed by atoms with van der Waals surface area (Å²) in [4.78, 5) is 41.6. The number of aromatic carboxylic acids is 1. The lowest BCUT2D eigenvalue weighted by Gasteiger charge is -2.39. The van der Waals surface area contributed by atoms with Crippen molar-refractivity contribution < 1.29 is 27.9 Å². The summed E-state index contributed by atoms with van der Waals surface area (Å²) in [6.07, 6.45) is 9.62. The van der Waals surface area contributed by atoms with E-state index in [0.29, 0.717) is 46.6 Å². The van der Waals surface area contributed by atoms with E-state index in [9.17, 15) is 23.1 Å². The van der Waals surface area contributed by atoms with Crippen molar-refractivity contribution in [2.75, 3.05) is 75.8 Å². The number of amides is 1. The van der Waals surface area contributed by atoms with Crippen LogP contribution in [0.1, 0.15) is 78.7 Å². The molecule has 68 heavy (non-hydrogen) atoms. The van der Waals surface area contributed by atoms with Crippen molar-refractivity contribution in [1.29, 1.82) is 0 Å². The third kappa shape index (κ3) is 9.74. The van der Waals surface area contributed by atoms with Gasteiger partial charge in [0.25, 0.3) is 15.9 Å². The average Bonchev–Trinajstić information content (AvgIpc) is 4.13. The summed E-state index contributed by atoms with van der Waals surface area (Å²) in [5, 5.41) is 19.8. The van der Waals surface area contributed by atoms with Crippen LogP contribution in [0.3, 0.4) is 0 Å². The van der Waals surface area contributed by atoms with Crippen molar-refractivity contribution in [2.45, 2.75) is 63.3 Å². The quantitative estimate of drug-likeness (QED) is 0.0877. The van der Waals surface area contributed by atoms with Gasteiger partial charge in [-0.3, -0.25) is 14.6 Å². The number of carbonyl (C=O) groups excluding carboxylic acids is 1. The first-order chi connectivity index (χ1) is 32.8. The maximum absolute atomic E-state index is 14.3. The number of piperidine rings is 1. The Bertz CT molecular complexity index is 3000. The Kier molecular flexibility index (Phi) is 12.8. The number of aromatic nitrogens is 4. The summed E-state index contributed by atoms with van der Waals surface area (Å²) >= 11 is 6.27. The number of fused-ring (bicyclic) bond motifs is 2. The van der Waals surface area contributed by atoms with E-state index in [1.54, 1.807) is 23.1 Å². The number of likely N-dealkylation sites (tertiary alicyclic amines) is 1. The van der Waals surface area contributed by atoms with Crippen molar-refractivity contribution >= 4 is 72.5 Å². The highest BCUT2D eigenvalue weighted by Gasteiger charge is 2.32. The lowest BCUT2D eigenvalue weighted by molar-refractivity contribution is 0.0697. The van der Waals surface area contributed by atoms with Crippen LogP contribution in [0.5, 0.6) is 0 Å². The summed E-state index contributed by atoms with van der Waals surface area (Å²) in [5.74, 6) is -1.82. The van der Waals surface area contributed by atoms with E-state index >= 15 is 0 Å². The molecule has 4 N–H and O–H groups in total. The third-order valence-corrected chi connectivity index (χ3v) is 16.0. The molecular weight excluding hydrogens is 902 g/mol. The first kappa shape index (κ1) is 46.0. The number of carboxylic acid groups (broad SMARTS) is 1. The van der Waals surface area contributed by atoms with Gasteiger partial charge < -0.3 is 25.0 Å². The van der Waals surface area contributed by atoms with Crippen LogP contribution in [0, 0.1) is 11.3 Å². The number of carboxylic acids is 1. The van der Waals surface area contributed by atoms with Gasteiger partial charge in [-0.15, -0.1) is 0 Å². The molecule has 3 aromatic heterocycles. The number of allylic oxidation sites excluding steroid dienone is 1. The SMILES string of the molecule is CC1(C)CCC(CN2CCN(c3ccc(C(=O)NS(=O)(=O)c4ccc(NCC5CCN(C6CCOC6)CC5)c(C(=O)O)c4)c(-n4ncc5nc6[nH]ccc6cc54)c3)CC2)=C(c2ccc(Cl)cc2)C1. The second-order valence-electron chi connectivity index (χ2n) is 19.6. The van der Waals surface area contributed by atoms with E-state index in [2.05, 4.69) is 60.8 Å². The number of nitrogens with one attached hydrogen (secondary N) is 3. The molecule has 4 aliphatic rings. The Labute approximate surface area is 401 Å². The van der Waals surface area contributed by atoms with Crippen molar-refractivity contribution in [2.24, 2.45) is 11.3 Å². The highest BCUT2D eigenvalue weighted by Crippen LogP contribution is 2.43. The number of benzene rings is 3. The van der Waals surface area contributed by atoms with Crippen LogP contribution in [-0.4, -0.2) is 127 Å². The fourth-order valence-corrected chi connectivity index (χ4v) is 11.6. The number of H-pyrrole nitrogens is 1. The lowest BCUT2D eigenvalue weighted by Crippen LogP contribution is -2.47. The number of hydrogen-bond donors (Lipinski definition) is 4. The molecule has 3 aromatic carbocycles. The average molecular weight is 961 g/mol. The Morgan fingerprint density at radius 1 is 0.941 bits per heavy atom. The van der Waals surface area contributed by atoms with Crippen molar-refractivity contribution in [3.8, 4) is 5.69 Å². The van der Waals surface area contributed by atoms with Gasteiger partial charge in [-0.2, -0.15) is 5.10 Å². The molecule has 6 aromatic rings. The molecule has 17 heteroatoms. The number of ether oxygens (including phenoxy) is 1. The third-order valence-electron chi connectivity index (χ3n) is 14.5. The highest BCUT2D eigenvalue weighted by molar-refractivity contribution is 7.90. The monoisotopic (exact) mass is 959 g/mol. The normalized spacial score (nSPS) is 19.8. The number of piperazine rings is 1. The molecule has 3 fully saturated rings. The van der Waals surface area contributed by atoms with Gasteiger partial charge in [0.2, 0.25) is 0 Å². The van der Waals surface area contributed by atoms with E-state index in [0.717, 1.165) is 120 Å². The maximum Gasteiger partial charge on any atom is 0.337 e. The lowest BCUT2D eigenvalue weighted by atomic mass is 9.72. The summed E-state index contributed by atoms with van der Waals surface area (Å²) in [6.45, 7) is 12.8. The minimum atomic E-state index is -4.54. The Morgan fingerprint density at radius 2 is 1.74 bits per heavy atom. The van der Waals surface area contributed by atoms with Gasteiger partial charge in [0, 0.05) is 79.9 Å². The number of sulfonamides is 1. The molecule has 0 radical (unpaired) electrons. The number of pyridine rings is 1. The molecule has 1 atom stereocenters. The fraction of sp³-hybridized carbons (Fsp3) is 0.412. The summed E-state index contributed by atoms with van der Waals surface area (Å²) < 4.78 is 37.4. The molecule has 15 nitrogen and oxygen atoms in total. The number of nitrogens with zero attached hydrogens (tertiary/aromatic N) is 6. The number of aromatic amines is 1. The van der Waals surface area contributed by atoms with Crippen molar-refractivity contribution in [1.82, 2.24) is 34.3 Å². The van der Waals surface area contributed by atoms with Crippen LogP contribution < -0.4 is 14.9 Å². The van der Waals surface area contributed by atoms with Crippen LogP contribution in [0.15, 0.2) is 95.7 Å². The summed E-state index contributed by atoms with van der Waals surface area (Å²) in [7, 11) is -4.54. The fourth-order valence-electron chi connectivity index (χ4n) is 10.4. The molecule has 0 bridgehead atoms. The highest BCUT2D eigenvalue weighted by atomic mass is 35.5. The predicted octanol–water partition coefficient (Wildman–Crippen LogP) is 8.07. The van der Waals surface area contributed by atoms with Crippen LogP contribution >= 0.6 is 11.6 Å². The molecule has 0 saturated carbocycles. The smallest absolute Gasteiger partial charge is 0.337 e. The number of hydrogen-bond acceptors (Lipinski definition) is 11. The molecule has 0 spiro atoms. The summed E-state index contributed by atoms with van der Waals surface area (Å²) in [6, 6.07) is 21.8. The molecule has 6 heterocycles. The molecule has 3 aliphatic heterocycles. The predicted molar refractivity (Wildman–Crippen MR) is 265 cm³/mol. The Hall–Kier alpha value is -5.78. The van der Waals surface area contributed by atoms with Gasteiger partial charge in [0.15, 0.2) is 0 Å². The first-order valence-corrected chi connectivity index (χ1v) is 25.5. The maximum atomic E-state index is 14.3. The van der Waals surface area contributed by atoms with E-state index in [-0.39, 0.29) is 21.4 Å². The van der Waals surface area contributed by atoms with Crippen molar-refractivity contribution in [3.63, 3.8) is 0 Å². The van der Waals surface area contributed by atoms with Gasteiger partial charge in [-0.25, -0.2) is 27.6 Å². The van der Waals surface area contributed by atoms with E-state index in [1.807, 2.05) is 36.4 Å². The largest absolute Gasteiger partial charge is 0.478 e. The topological polar surface area (TPSA) is 178 Å². The van der Waals surface area contributed by atoms with Crippen LogP contribution in [0.4, 0.5) is 11.4 Å². The number of halogens is 1. The van der Waals surface area contributed by atoms with Crippen LogP contribution in [0.2, 0.25) is 5.02 Å².